The molecule has 1 fully saturated rings. The second-order valence-corrected chi connectivity index (χ2v) is 7.09. The quantitative estimate of drug-likeness (QED) is 0.866. The molecule has 2 heterocycles. The Morgan fingerprint density at radius 1 is 1.23 bits per heavy atom. The number of nitrogens with zero attached hydrogens (tertiary/aromatic N) is 2. The number of hydrogen-bond acceptors (Lipinski definition) is 5. The lowest BCUT2D eigenvalue weighted by Crippen LogP contribution is -2.53. The van der Waals surface area contributed by atoms with E-state index in [0.717, 1.165) is 18.7 Å². The van der Waals surface area contributed by atoms with Gasteiger partial charge in [-0.2, -0.15) is 0 Å². The Balaban J connectivity index is 1.85. The van der Waals surface area contributed by atoms with Gasteiger partial charge in [-0.15, -0.1) is 0 Å². The Bertz CT molecular complexity index is 659. The van der Waals surface area contributed by atoms with Crippen molar-refractivity contribution in [1.29, 1.82) is 0 Å². The number of methoxy groups -OCH3 is 2. The highest BCUT2D eigenvalue weighted by atomic mass is 16.5. The number of aliphatic hydroxyl groups excluding tert-OH is 1. The molecule has 6 nitrogen and oxygen atoms in total. The molecule has 3 rings (SSSR count). The summed E-state index contributed by atoms with van der Waals surface area (Å²) in [4.78, 5) is 16.9. The van der Waals surface area contributed by atoms with Gasteiger partial charge in [0.1, 0.15) is 0 Å². The van der Waals surface area contributed by atoms with Gasteiger partial charge in [0.15, 0.2) is 11.5 Å². The first-order valence-electron chi connectivity index (χ1n) is 9.49. The minimum absolute atomic E-state index is 0.0686. The van der Waals surface area contributed by atoms with Gasteiger partial charge in [-0.25, -0.2) is 0 Å². The molecule has 0 aromatic heterocycles. The monoisotopic (exact) mass is 362 g/mol. The fourth-order valence-electron chi connectivity index (χ4n) is 4.35. The third kappa shape index (κ3) is 3.28. The fourth-order valence-corrected chi connectivity index (χ4v) is 4.35. The molecule has 0 bridgehead atoms. The van der Waals surface area contributed by atoms with E-state index in [1.165, 1.54) is 11.1 Å². The highest BCUT2D eigenvalue weighted by Crippen LogP contribution is 2.43. The Morgan fingerprint density at radius 2 is 1.88 bits per heavy atom. The summed E-state index contributed by atoms with van der Waals surface area (Å²) in [7, 11) is 3.28. The maximum atomic E-state index is 12.8. The number of fused-ring (bicyclic) bond motifs is 3. The Labute approximate surface area is 155 Å². The molecule has 1 aromatic carbocycles. The van der Waals surface area contributed by atoms with Gasteiger partial charge in [0, 0.05) is 32.2 Å². The summed E-state index contributed by atoms with van der Waals surface area (Å²) in [5, 5.41) is 10.7. The van der Waals surface area contributed by atoms with Crippen LogP contribution in [-0.2, 0) is 11.2 Å². The van der Waals surface area contributed by atoms with Crippen molar-refractivity contribution < 1.29 is 19.4 Å². The Hall–Kier alpha value is -1.79. The van der Waals surface area contributed by atoms with E-state index >= 15 is 0 Å². The van der Waals surface area contributed by atoms with Gasteiger partial charge in [-0.3, -0.25) is 9.69 Å². The lowest BCUT2D eigenvalue weighted by molar-refractivity contribution is -0.144. The summed E-state index contributed by atoms with van der Waals surface area (Å²) in [6.45, 7) is 6.83. The van der Waals surface area contributed by atoms with Crippen LogP contribution in [0.15, 0.2) is 12.1 Å². The molecule has 3 atom stereocenters. The van der Waals surface area contributed by atoms with E-state index in [0.29, 0.717) is 31.8 Å². The minimum atomic E-state index is -0.622. The van der Waals surface area contributed by atoms with Crippen LogP contribution in [0.5, 0.6) is 11.5 Å². The van der Waals surface area contributed by atoms with E-state index in [1.807, 2.05) is 30.9 Å². The average molecular weight is 362 g/mol. The lowest BCUT2D eigenvalue weighted by Gasteiger charge is -2.46. The summed E-state index contributed by atoms with van der Waals surface area (Å²) in [6, 6.07) is 4.20. The normalized spacial score (nSPS) is 25.2. The van der Waals surface area contributed by atoms with Gasteiger partial charge in [0.25, 0.3) is 0 Å². The molecule has 0 spiro atoms. The van der Waals surface area contributed by atoms with Gasteiger partial charge < -0.3 is 19.5 Å². The zero-order valence-corrected chi connectivity index (χ0v) is 16.2. The first kappa shape index (κ1) is 19.0. The third-order valence-corrected chi connectivity index (χ3v) is 5.87. The summed E-state index contributed by atoms with van der Waals surface area (Å²) in [5.74, 6) is 1.18. The molecule has 0 radical (unpaired) electrons. The first-order valence-corrected chi connectivity index (χ1v) is 9.49. The number of carbonyl (C=O) groups excluding carboxylic acids is 1. The number of amides is 1. The molecule has 1 aromatic rings. The molecule has 2 aliphatic heterocycles. The van der Waals surface area contributed by atoms with Gasteiger partial charge in [-0.1, -0.05) is 0 Å². The summed E-state index contributed by atoms with van der Waals surface area (Å²) >= 11 is 0. The van der Waals surface area contributed by atoms with Crippen LogP contribution in [0.3, 0.4) is 0 Å². The van der Waals surface area contributed by atoms with Crippen molar-refractivity contribution >= 4 is 5.91 Å². The van der Waals surface area contributed by atoms with Gasteiger partial charge in [0.05, 0.1) is 26.2 Å². The minimum Gasteiger partial charge on any atom is -0.493 e. The molecule has 0 saturated carbocycles. The van der Waals surface area contributed by atoms with Crippen LogP contribution in [0.4, 0.5) is 0 Å². The van der Waals surface area contributed by atoms with Crippen molar-refractivity contribution in [1.82, 2.24) is 9.80 Å². The zero-order chi connectivity index (χ0) is 18.8. The van der Waals surface area contributed by atoms with Crippen molar-refractivity contribution in [3.63, 3.8) is 0 Å². The number of carbonyl (C=O) groups is 1. The van der Waals surface area contributed by atoms with Crippen LogP contribution in [-0.4, -0.2) is 67.3 Å². The predicted octanol–water partition coefficient (Wildman–Crippen LogP) is 1.85. The van der Waals surface area contributed by atoms with Gasteiger partial charge in [0.2, 0.25) is 5.91 Å². The Morgan fingerprint density at radius 3 is 2.50 bits per heavy atom. The highest BCUT2D eigenvalue weighted by Gasteiger charge is 2.42. The molecular weight excluding hydrogens is 332 g/mol. The third-order valence-electron chi connectivity index (χ3n) is 5.87. The van der Waals surface area contributed by atoms with Gasteiger partial charge >= 0.3 is 0 Å². The molecule has 144 valence electrons. The van der Waals surface area contributed by atoms with E-state index in [9.17, 15) is 9.90 Å². The van der Waals surface area contributed by atoms with Crippen molar-refractivity contribution in [2.24, 2.45) is 5.92 Å². The summed E-state index contributed by atoms with van der Waals surface area (Å²) in [5.41, 5.74) is 2.42. The standard InChI is InChI=1S/C20H30N2O4/c1-5-21(6-2)20(24)15-12-22-8-7-13-9-18(25-3)19(26-4)10-14(13)16(22)11-17(15)23/h9-10,15-17,23H,5-8,11-12H2,1-4H3/t15-,16+,17+/m1/s1. The van der Waals surface area contributed by atoms with Crippen LogP contribution < -0.4 is 9.47 Å². The largest absolute Gasteiger partial charge is 0.493 e. The maximum absolute atomic E-state index is 12.8. The van der Waals surface area contributed by atoms with Crippen molar-refractivity contribution in [2.45, 2.75) is 38.8 Å². The fraction of sp³-hybridized carbons (Fsp3) is 0.650. The molecular formula is C20H30N2O4. The predicted molar refractivity (Wildman–Crippen MR) is 99.6 cm³/mol. The average Bonchev–Trinajstić information content (AvgIpc) is 2.67. The smallest absolute Gasteiger partial charge is 0.229 e. The molecule has 1 saturated heterocycles. The topological polar surface area (TPSA) is 62.2 Å². The SMILES string of the molecule is CCN(CC)C(=O)[C@@H]1CN2CCc3cc(OC)c(OC)cc3[C@@H]2C[C@@H]1O. The van der Waals surface area contributed by atoms with E-state index in [-0.39, 0.29) is 17.9 Å². The van der Waals surface area contributed by atoms with Crippen molar-refractivity contribution in [2.75, 3.05) is 40.4 Å². The zero-order valence-electron chi connectivity index (χ0n) is 16.2. The van der Waals surface area contributed by atoms with E-state index in [4.69, 9.17) is 9.47 Å². The molecule has 6 heteroatoms. The second kappa shape index (κ2) is 7.84. The number of aliphatic hydroxyl groups is 1. The van der Waals surface area contributed by atoms with Crippen LogP contribution in [0, 0.1) is 5.92 Å². The van der Waals surface area contributed by atoms with E-state index in [2.05, 4.69) is 4.90 Å². The van der Waals surface area contributed by atoms with Crippen LogP contribution in [0.2, 0.25) is 0 Å². The van der Waals surface area contributed by atoms with E-state index in [1.54, 1.807) is 14.2 Å². The lowest BCUT2D eigenvalue weighted by atomic mass is 9.81. The highest BCUT2D eigenvalue weighted by molar-refractivity contribution is 5.80. The number of hydrogen-bond donors (Lipinski definition) is 1. The molecule has 1 amide bonds. The van der Waals surface area contributed by atoms with Crippen molar-refractivity contribution in [3.8, 4) is 11.5 Å². The summed E-state index contributed by atoms with van der Waals surface area (Å²) in [6.07, 6.45) is 0.859. The van der Waals surface area contributed by atoms with Gasteiger partial charge in [-0.05, 0) is 49.9 Å². The molecule has 2 aliphatic rings. The number of rotatable bonds is 5. The molecule has 26 heavy (non-hydrogen) atoms. The van der Waals surface area contributed by atoms with Crippen LogP contribution in [0.1, 0.15) is 37.4 Å². The number of benzene rings is 1. The molecule has 1 N–H and O–H groups in total. The molecule has 0 unspecified atom stereocenters. The number of ether oxygens (including phenoxy) is 2. The van der Waals surface area contributed by atoms with Crippen molar-refractivity contribution in [3.05, 3.63) is 23.3 Å². The van der Waals surface area contributed by atoms with Crippen LogP contribution >= 0.6 is 0 Å². The first-order chi connectivity index (χ1) is 12.5. The molecule has 0 aliphatic carbocycles. The Kier molecular flexibility index (Phi) is 5.73. The summed E-state index contributed by atoms with van der Waals surface area (Å²) < 4.78 is 10.9. The number of piperidine rings is 1. The second-order valence-electron chi connectivity index (χ2n) is 7.09. The van der Waals surface area contributed by atoms with E-state index < -0.39 is 6.10 Å². The van der Waals surface area contributed by atoms with Crippen LogP contribution in [0.25, 0.3) is 0 Å². The maximum Gasteiger partial charge on any atom is 0.229 e.